The van der Waals surface area contributed by atoms with Crippen LogP contribution < -0.4 is 0 Å². The number of rotatable bonds is 5. The minimum atomic E-state index is 0.376. The van der Waals surface area contributed by atoms with Crippen LogP contribution in [-0.4, -0.2) is 9.55 Å². The van der Waals surface area contributed by atoms with Crippen molar-refractivity contribution < 1.29 is 0 Å². The van der Waals surface area contributed by atoms with Crippen molar-refractivity contribution in [3.8, 4) is 0 Å². The molecule has 4 saturated carbocycles. The van der Waals surface area contributed by atoms with E-state index in [9.17, 15) is 0 Å². The molecule has 4 aliphatic carbocycles. The predicted molar refractivity (Wildman–Crippen MR) is 126 cm³/mol. The highest BCUT2D eigenvalue weighted by molar-refractivity contribution is 5.12. The van der Waals surface area contributed by atoms with Crippen LogP contribution in [0.2, 0.25) is 0 Å². The summed E-state index contributed by atoms with van der Waals surface area (Å²) in [6.45, 7) is 0. The molecule has 2 nitrogen and oxygen atoms in total. The Labute approximate surface area is 185 Å². The first-order valence-corrected chi connectivity index (χ1v) is 13.9. The van der Waals surface area contributed by atoms with Gasteiger partial charge in [-0.1, -0.05) is 77.0 Å². The SMILES string of the molecule is c1nc(C2CCCCC2)cn1C(C1CCCCC1)(C1CCCCC1)C1CCCCC1. The van der Waals surface area contributed by atoms with Gasteiger partial charge in [0.05, 0.1) is 17.6 Å². The van der Waals surface area contributed by atoms with Crippen molar-refractivity contribution in [1.82, 2.24) is 9.55 Å². The Morgan fingerprint density at radius 1 is 0.567 bits per heavy atom. The van der Waals surface area contributed by atoms with E-state index in [1.807, 2.05) is 0 Å². The van der Waals surface area contributed by atoms with Crippen molar-refractivity contribution in [3.05, 3.63) is 18.2 Å². The maximum absolute atomic E-state index is 5.15. The van der Waals surface area contributed by atoms with Crippen molar-refractivity contribution in [3.63, 3.8) is 0 Å². The Morgan fingerprint density at radius 2 is 0.967 bits per heavy atom. The monoisotopic (exact) mass is 410 g/mol. The van der Waals surface area contributed by atoms with Crippen LogP contribution in [-0.2, 0) is 5.54 Å². The van der Waals surface area contributed by atoms with Crippen LogP contribution in [0.3, 0.4) is 0 Å². The normalized spacial score (nSPS) is 26.8. The Hall–Kier alpha value is -0.790. The van der Waals surface area contributed by atoms with Crippen molar-refractivity contribution in [2.45, 2.75) is 140 Å². The molecule has 0 bridgehead atoms. The van der Waals surface area contributed by atoms with Gasteiger partial charge in [0.25, 0.3) is 0 Å². The van der Waals surface area contributed by atoms with Gasteiger partial charge in [-0.25, -0.2) is 4.98 Å². The van der Waals surface area contributed by atoms with Crippen LogP contribution >= 0.6 is 0 Å². The lowest BCUT2D eigenvalue weighted by molar-refractivity contribution is -0.0352. The molecule has 0 atom stereocenters. The van der Waals surface area contributed by atoms with Crippen LogP contribution in [0.15, 0.2) is 12.5 Å². The zero-order chi connectivity index (χ0) is 20.2. The van der Waals surface area contributed by atoms with E-state index in [1.165, 1.54) is 134 Å². The van der Waals surface area contributed by atoms with Crippen molar-refractivity contribution in [2.75, 3.05) is 0 Å². The molecule has 0 saturated heterocycles. The van der Waals surface area contributed by atoms with E-state index in [2.05, 4.69) is 17.1 Å². The van der Waals surface area contributed by atoms with E-state index in [1.54, 1.807) is 0 Å². The Kier molecular flexibility index (Phi) is 6.87. The fourth-order valence-electron chi connectivity index (χ4n) is 8.49. The highest BCUT2D eigenvalue weighted by Crippen LogP contribution is 2.55. The molecule has 1 aromatic rings. The van der Waals surface area contributed by atoms with E-state index in [4.69, 9.17) is 4.98 Å². The largest absolute Gasteiger partial charge is 0.330 e. The molecule has 2 heteroatoms. The number of hydrogen-bond acceptors (Lipinski definition) is 1. The van der Waals surface area contributed by atoms with Gasteiger partial charge >= 0.3 is 0 Å². The topological polar surface area (TPSA) is 17.8 Å². The number of hydrogen-bond donors (Lipinski definition) is 0. The molecule has 168 valence electrons. The number of aromatic nitrogens is 2. The third-order valence-corrected chi connectivity index (χ3v) is 9.85. The fourth-order valence-corrected chi connectivity index (χ4v) is 8.49. The molecule has 0 unspecified atom stereocenters. The first kappa shape index (κ1) is 21.1. The first-order valence-electron chi connectivity index (χ1n) is 13.9. The maximum Gasteiger partial charge on any atom is 0.0955 e. The van der Waals surface area contributed by atoms with E-state index in [0.717, 1.165) is 23.7 Å². The first-order chi connectivity index (χ1) is 14.9. The lowest BCUT2D eigenvalue weighted by Gasteiger charge is -2.55. The zero-order valence-corrected chi connectivity index (χ0v) is 19.5. The Bertz CT molecular complexity index is 592. The molecule has 0 amide bonds. The van der Waals surface area contributed by atoms with E-state index >= 15 is 0 Å². The van der Waals surface area contributed by atoms with Crippen LogP contribution in [0.1, 0.15) is 140 Å². The summed E-state index contributed by atoms with van der Waals surface area (Å²) in [5, 5.41) is 0. The second kappa shape index (κ2) is 9.78. The molecule has 1 heterocycles. The van der Waals surface area contributed by atoms with Crippen LogP contribution in [0.4, 0.5) is 0 Å². The lowest BCUT2D eigenvalue weighted by Crippen LogP contribution is -2.54. The van der Waals surface area contributed by atoms with Gasteiger partial charge in [-0.15, -0.1) is 0 Å². The van der Waals surface area contributed by atoms with Crippen LogP contribution in [0, 0.1) is 17.8 Å². The molecule has 0 spiro atoms. The summed E-state index contributed by atoms with van der Waals surface area (Å²) in [7, 11) is 0. The lowest BCUT2D eigenvalue weighted by atomic mass is 9.56. The van der Waals surface area contributed by atoms with Gasteiger partial charge in [-0.3, -0.25) is 0 Å². The van der Waals surface area contributed by atoms with Crippen molar-refractivity contribution >= 4 is 0 Å². The summed E-state index contributed by atoms with van der Waals surface area (Å²) in [6.07, 6.45) is 34.0. The minimum Gasteiger partial charge on any atom is -0.330 e. The molecule has 0 aliphatic heterocycles. The molecule has 30 heavy (non-hydrogen) atoms. The predicted octanol–water partition coefficient (Wildman–Crippen LogP) is 8.37. The summed E-state index contributed by atoms with van der Waals surface area (Å²) in [6, 6.07) is 0. The smallest absolute Gasteiger partial charge is 0.0955 e. The van der Waals surface area contributed by atoms with Gasteiger partial charge in [0.1, 0.15) is 0 Å². The highest BCUT2D eigenvalue weighted by Gasteiger charge is 2.52. The van der Waals surface area contributed by atoms with Crippen molar-refractivity contribution in [2.24, 2.45) is 17.8 Å². The molecular weight excluding hydrogens is 364 g/mol. The van der Waals surface area contributed by atoms with E-state index in [0.29, 0.717) is 5.54 Å². The van der Waals surface area contributed by atoms with Crippen molar-refractivity contribution in [1.29, 1.82) is 0 Å². The van der Waals surface area contributed by atoms with Gasteiger partial charge in [-0.2, -0.15) is 0 Å². The average molecular weight is 411 g/mol. The van der Waals surface area contributed by atoms with Crippen LogP contribution in [0.25, 0.3) is 0 Å². The van der Waals surface area contributed by atoms with E-state index < -0.39 is 0 Å². The van der Waals surface area contributed by atoms with Gasteiger partial charge < -0.3 is 4.57 Å². The second-order valence-corrected chi connectivity index (χ2v) is 11.4. The Balaban J connectivity index is 1.55. The standard InChI is InChI=1S/C28H46N2/c1-5-13-23(14-6-1)27-21-30(22-29-27)28(24-15-7-2-8-16-24,25-17-9-3-10-18-25)26-19-11-4-12-20-26/h21-26H,1-20H2. The van der Waals surface area contributed by atoms with Gasteiger partial charge in [0.2, 0.25) is 0 Å². The minimum absolute atomic E-state index is 0.376. The molecule has 0 aromatic carbocycles. The summed E-state index contributed by atoms with van der Waals surface area (Å²) >= 11 is 0. The molecule has 1 aromatic heterocycles. The summed E-state index contributed by atoms with van der Waals surface area (Å²) in [5.41, 5.74) is 1.82. The molecule has 4 fully saturated rings. The third kappa shape index (κ3) is 4.02. The second-order valence-electron chi connectivity index (χ2n) is 11.4. The molecule has 0 N–H and O–H groups in total. The summed E-state index contributed by atoms with van der Waals surface area (Å²) in [4.78, 5) is 5.15. The quantitative estimate of drug-likeness (QED) is 0.476. The maximum atomic E-state index is 5.15. The van der Waals surface area contributed by atoms with Gasteiger partial charge in [-0.05, 0) is 69.1 Å². The number of nitrogens with zero attached hydrogens (tertiary/aromatic N) is 2. The van der Waals surface area contributed by atoms with Gasteiger partial charge in [0, 0.05) is 12.1 Å². The zero-order valence-electron chi connectivity index (χ0n) is 19.5. The van der Waals surface area contributed by atoms with Crippen LogP contribution in [0.5, 0.6) is 0 Å². The summed E-state index contributed by atoms with van der Waals surface area (Å²) < 4.78 is 2.80. The Morgan fingerprint density at radius 3 is 1.40 bits per heavy atom. The third-order valence-electron chi connectivity index (χ3n) is 9.85. The molecule has 0 radical (unpaired) electrons. The fraction of sp³-hybridized carbons (Fsp3) is 0.893. The average Bonchev–Trinajstić information content (AvgIpc) is 3.33. The summed E-state index contributed by atoms with van der Waals surface area (Å²) in [5.74, 6) is 3.42. The van der Waals surface area contributed by atoms with E-state index in [-0.39, 0.29) is 0 Å². The molecule has 4 aliphatic rings. The molecule has 5 rings (SSSR count). The van der Waals surface area contributed by atoms with Gasteiger partial charge in [0.15, 0.2) is 0 Å². The molecular formula is C28H46N2. The highest BCUT2D eigenvalue weighted by atomic mass is 15.1. The number of imidazole rings is 1.